The van der Waals surface area contributed by atoms with E-state index in [2.05, 4.69) is 0 Å². The maximum atomic E-state index is 6.26. The van der Waals surface area contributed by atoms with E-state index in [1.807, 2.05) is 12.1 Å². The van der Waals surface area contributed by atoms with E-state index in [9.17, 15) is 0 Å². The van der Waals surface area contributed by atoms with Crippen molar-refractivity contribution >= 4 is 58.0 Å². The lowest BCUT2D eigenvalue weighted by molar-refractivity contribution is -0.0623. The van der Waals surface area contributed by atoms with Gasteiger partial charge in [0.25, 0.3) is 0 Å². The summed E-state index contributed by atoms with van der Waals surface area (Å²) in [7, 11) is 0. The van der Waals surface area contributed by atoms with E-state index in [0.29, 0.717) is 46.2 Å². The number of halogens is 5. The van der Waals surface area contributed by atoms with E-state index in [4.69, 9.17) is 77.0 Å². The quantitative estimate of drug-likeness (QED) is 0.385. The summed E-state index contributed by atoms with van der Waals surface area (Å²) in [5.41, 5.74) is 0.921. The van der Waals surface area contributed by atoms with Crippen molar-refractivity contribution in [3.63, 3.8) is 0 Å². The van der Waals surface area contributed by atoms with Crippen LogP contribution in [0.2, 0.25) is 15.1 Å². The highest BCUT2D eigenvalue weighted by atomic mass is 35.5. The Kier molecular flexibility index (Phi) is 8.63. The summed E-state index contributed by atoms with van der Waals surface area (Å²) in [6, 6.07) is 10.6. The zero-order valence-corrected chi connectivity index (χ0v) is 18.8. The highest BCUT2D eigenvalue weighted by molar-refractivity contribution is 6.55. The number of hydrogen-bond acceptors (Lipinski definition) is 4. The van der Waals surface area contributed by atoms with Crippen LogP contribution >= 0.6 is 58.0 Å². The first-order valence-corrected chi connectivity index (χ1v) is 10.6. The summed E-state index contributed by atoms with van der Waals surface area (Å²) in [5, 5.41) is 1.35. The van der Waals surface area contributed by atoms with Gasteiger partial charge in [0, 0.05) is 29.1 Å². The molecule has 4 nitrogen and oxygen atoms in total. The molecule has 1 fully saturated rings. The van der Waals surface area contributed by atoms with Crippen molar-refractivity contribution < 1.29 is 18.9 Å². The second kappa shape index (κ2) is 11.0. The van der Waals surface area contributed by atoms with Crippen LogP contribution in [0.1, 0.15) is 18.3 Å². The van der Waals surface area contributed by atoms with E-state index >= 15 is 0 Å². The van der Waals surface area contributed by atoms with Crippen LogP contribution in [0.3, 0.4) is 0 Å². The van der Waals surface area contributed by atoms with Crippen LogP contribution in [0, 0.1) is 0 Å². The van der Waals surface area contributed by atoms with Crippen LogP contribution in [-0.4, -0.2) is 25.9 Å². The van der Waals surface area contributed by atoms with E-state index in [-0.39, 0.29) is 17.2 Å². The number of rotatable bonds is 8. The molecule has 0 radical (unpaired) electrons. The molecule has 9 heteroatoms. The largest absolute Gasteiger partial charge is 0.490 e. The number of benzene rings is 2. The van der Waals surface area contributed by atoms with Crippen LogP contribution in [0.25, 0.3) is 0 Å². The molecule has 0 bridgehead atoms. The Hall–Kier alpha value is -0.850. The van der Waals surface area contributed by atoms with Crippen molar-refractivity contribution in [2.24, 2.45) is 0 Å². The van der Waals surface area contributed by atoms with Gasteiger partial charge in [-0.25, -0.2) is 0 Å². The van der Waals surface area contributed by atoms with Crippen LogP contribution in [0.15, 0.2) is 47.0 Å². The summed E-state index contributed by atoms with van der Waals surface area (Å²) >= 11 is 29.5. The maximum Gasteiger partial charge on any atom is 0.184 e. The SMILES string of the molecule is ClC(Cl)=CCOc1cc(Cl)c(OCCC2COC(c3ccc(Cl)cc3)O2)c(Cl)c1. The van der Waals surface area contributed by atoms with Gasteiger partial charge in [-0.1, -0.05) is 70.1 Å². The normalized spacial score (nSPS) is 18.5. The zero-order chi connectivity index (χ0) is 20.8. The molecule has 0 aliphatic carbocycles. The van der Waals surface area contributed by atoms with Gasteiger partial charge < -0.3 is 18.9 Å². The molecular formula is C20H17Cl5O4. The molecule has 2 unspecified atom stereocenters. The fourth-order valence-electron chi connectivity index (χ4n) is 2.65. The lowest BCUT2D eigenvalue weighted by Crippen LogP contribution is -2.14. The maximum absolute atomic E-state index is 6.26. The van der Waals surface area contributed by atoms with Crippen molar-refractivity contribution in [1.82, 2.24) is 0 Å². The van der Waals surface area contributed by atoms with Crippen molar-refractivity contribution in [3.8, 4) is 11.5 Å². The van der Waals surface area contributed by atoms with Gasteiger partial charge in [-0.3, -0.25) is 0 Å². The first-order chi connectivity index (χ1) is 13.9. The van der Waals surface area contributed by atoms with Gasteiger partial charge >= 0.3 is 0 Å². The van der Waals surface area contributed by atoms with Crippen molar-refractivity contribution in [3.05, 3.63) is 67.6 Å². The van der Waals surface area contributed by atoms with Gasteiger partial charge in [-0.05, 0) is 18.2 Å². The molecule has 1 aliphatic rings. The molecule has 0 aromatic heterocycles. The highest BCUT2D eigenvalue weighted by Crippen LogP contribution is 2.37. The predicted molar refractivity (Wildman–Crippen MR) is 117 cm³/mol. The van der Waals surface area contributed by atoms with Gasteiger partial charge in [0.2, 0.25) is 0 Å². The molecule has 156 valence electrons. The average Bonchev–Trinajstić information content (AvgIpc) is 3.13. The Morgan fingerprint density at radius 2 is 1.72 bits per heavy atom. The topological polar surface area (TPSA) is 36.9 Å². The van der Waals surface area contributed by atoms with Crippen molar-refractivity contribution in [2.75, 3.05) is 19.8 Å². The molecule has 0 amide bonds. The molecule has 0 N–H and O–H groups in total. The molecule has 29 heavy (non-hydrogen) atoms. The van der Waals surface area contributed by atoms with E-state index < -0.39 is 6.29 Å². The molecular weight excluding hydrogens is 481 g/mol. The van der Waals surface area contributed by atoms with E-state index in [1.54, 1.807) is 24.3 Å². The van der Waals surface area contributed by atoms with Gasteiger partial charge in [-0.2, -0.15) is 0 Å². The third-order valence-corrected chi connectivity index (χ3v) is 5.16. The van der Waals surface area contributed by atoms with Crippen LogP contribution < -0.4 is 9.47 Å². The van der Waals surface area contributed by atoms with Crippen molar-refractivity contribution in [2.45, 2.75) is 18.8 Å². The summed E-state index contributed by atoms with van der Waals surface area (Å²) in [4.78, 5) is 0. The van der Waals surface area contributed by atoms with Crippen LogP contribution in [-0.2, 0) is 9.47 Å². The van der Waals surface area contributed by atoms with Crippen molar-refractivity contribution in [1.29, 1.82) is 0 Å². The minimum Gasteiger partial charge on any atom is -0.490 e. The lowest BCUT2D eigenvalue weighted by atomic mass is 10.2. The first-order valence-electron chi connectivity index (χ1n) is 8.70. The third-order valence-electron chi connectivity index (χ3n) is 4.04. The zero-order valence-electron chi connectivity index (χ0n) is 15.0. The van der Waals surface area contributed by atoms with Gasteiger partial charge in [-0.15, -0.1) is 0 Å². The Bertz CT molecular complexity index is 829. The standard InChI is InChI=1S/C20H17Cl5O4/c21-13-3-1-12(2-4-13)20-28-11-14(29-20)5-7-27-19-16(22)9-15(10-17(19)23)26-8-6-18(24)25/h1-4,6,9-10,14,20H,5,7-8,11H2. The number of ether oxygens (including phenoxy) is 4. The van der Waals surface area contributed by atoms with Crippen LogP contribution in [0.5, 0.6) is 11.5 Å². The molecule has 1 saturated heterocycles. The molecule has 3 rings (SSSR count). The fourth-order valence-corrected chi connectivity index (χ4v) is 3.47. The molecule has 1 heterocycles. The predicted octanol–water partition coefficient (Wildman–Crippen LogP) is 7.23. The smallest absolute Gasteiger partial charge is 0.184 e. The summed E-state index contributed by atoms with van der Waals surface area (Å²) in [6.07, 6.45) is 1.63. The molecule has 1 aliphatic heterocycles. The third kappa shape index (κ3) is 6.83. The minimum atomic E-state index is -0.406. The van der Waals surface area contributed by atoms with Gasteiger partial charge in [0.15, 0.2) is 12.0 Å². The van der Waals surface area contributed by atoms with E-state index in [0.717, 1.165) is 5.56 Å². The Morgan fingerprint density at radius 1 is 1.03 bits per heavy atom. The Morgan fingerprint density at radius 3 is 2.38 bits per heavy atom. The summed E-state index contributed by atoms with van der Waals surface area (Å²) in [6.45, 7) is 1.04. The monoisotopic (exact) mass is 496 g/mol. The number of hydrogen-bond donors (Lipinski definition) is 0. The molecule has 2 aromatic rings. The first kappa shape index (κ1) is 22.8. The summed E-state index contributed by atoms with van der Waals surface area (Å²) < 4.78 is 23.0. The Balaban J connectivity index is 1.49. The molecule has 2 aromatic carbocycles. The fraction of sp³-hybridized carbons (Fsp3) is 0.300. The van der Waals surface area contributed by atoms with Crippen LogP contribution in [0.4, 0.5) is 0 Å². The van der Waals surface area contributed by atoms with E-state index in [1.165, 1.54) is 6.08 Å². The minimum absolute atomic E-state index is 0.0945. The van der Waals surface area contributed by atoms with Gasteiger partial charge in [0.1, 0.15) is 16.8 Å². The average molecular weight is 499 g/mol. The Labute approximate surface area is 194 Å². The molecule has 0 spiro atoms. The second-order valence-corrected chi connectivity index (χ2v) is 8.39. The second-order valence-electron chi connectivity index (χ2n) is 6.13. The highest BCUT2D eigenvalue weighted by Gasteiger charge is 2.27. The molecule has 2 atom stereocenters. The van der Waals surface area contributed by atoms with Gasteiger partial charge in [0.05, 0.1) is 29.4 Å². The summed E-state index contributed by atoms with van der Waals surface area (Å²) in [5.74, 6) is 0.872. The lowest BCUT2D eigenvalue weighted by Gasteiger charge is -2.14. The molecule has 0 saturated carbocycles.